The first-order chi connectivity index (χ1) is 11.1. The summed E-state index contributed by atoms with van der Waals surface area (Å²) in [7, 11) is 0. The smallest absolute Gasteiger partial charge is 0.221 e. The second-order valence-electron chi connectivity index (χ2n) is 5.16. The number of azo groups is 1. The Morgan fingerprint density at radius 2 is 1.70 bits per heavy atom. The molecule has 3 aromatic rings. The van der Waals surface area contributed by atoms with Gasteiger partial charge in [-0.15, -0.1) is 10.2 Å². The number of rotatable bonds is 3. The molecule has 0 aliphatic heterocycles. The normalized spacial score (nSPS) is 11.0. The Kier molecular flexibility index (Phi) is 4.01. The molecule has 0 aliphatic rings. The van der Waals surface area contributed by atoms with E-state index in [1.807, 2.05) is 42.5 Å². The van der Waals surface area contributed by atoms with Gasteiger partial charge in [-0.05, 0) is 29.7 Å². The van der Waals surface area contributed by atoms with Gasteiger partial charge in [0.25, 0.3) is 0 Å². The summed E-state index contributed by atoms with van der Waals surface area (Å²) in [5, 5.41) is 13.4. The third-order valence-electron chi connectivity index (χ3n) is 3.36. The number of carbonyl (C=O) groups is 1. The molecule has 3 aromatic carbocycles. The van der Waals surface area contributed by atoms with Gasteiger partial charge in [0.05, 0.1) is 11.4 Å². The summed E-state index contributed by atoms with van der Waals surface area (Å²) in [6.07, 6.45) is 0. The van der Waals surface area contributed by atoms with Gasteiger partial charge in [0.15, 0.2) is 0 Å². The van der Waals surface area contributed by atoms with Crippen LogP contribution < -0.4 is 11.1 Å². The Morgan fingerprint density at radius 1 is 0.957 bits per heavy atom. The fourth-order valence-electron chi connectivity index (χ4n) is 2.33. The molecule has 0 bridgehead atoms. The van der Waals surface area contributed by atoms with Crippen LogP contribution in [0.1, 0.15) is 6.92 Å². The van der Waals surface area contributed by atoms with Gasteiger partial charge in [-0.2, -0.15) is 0 Å². The minimum absolute atomic E-state index is 0.183. The molecule has 0 fully saturated rings. The van der Waals surface area contributed by atoms with E-state index in [4.69, 9.17) is 5.73 Å². The van der Waals surface area contributed by atoms with Gasteiger partial charge in [0.1, 0.15) is 5.69 Å². The molecule has 114 valence electrons. The predicted octanol–water partition coefficient (Wildman–Crippen LogP) is 4.80. The maximum absolute atomic E-state index is 11.3. The molecule has 0 spiro atoms. The van der Waals surface area contributed by atoms with E-state index in [1.54, 1.807) is 18.2 Å². The number of hydrogen-bond donors (Lipinski definition) is 2. The van der Waals surface area contributed by atoms with Crippen molar-refractivity contribution in [2.75, 3.05) is 11.1 Å². The van der Waals surface area contributed by atoms with Crippen molar-refractivity contribution in [3.8, 4) is 0 Å². The molecule has 0 saturated carbocycles. The third kappa shape index (κ3) is 3.35. The zero-order chi connectivity index (χ0) is 16.2. The Bertz CT molecular complexity index is 897. The topological polar surface area (TPSA) is 79.8 Å². The molecule has 0 saturated heterocycles. The van der Waals surface area contributed by atoms with E-state index in [0.29, 0.717) is 17.1 Å². The number of nitrogens with one attached hydrogen (secondary N) is 1. The molecule has 23 heavy (non-hydrogen) atoms. The number of nitrogens with zero attached hydrogens (tertiary/aromatic N) is 2. The molecular formula is C18H16N4O. The summed E-state index contributed by atoms with van der Waals surface area (Å²) in [4.78, 5) is 11.3. The van der Waals surface area contributed by atoms with Crippen molar-refractivity contribution in [1.82, 2.24) is 0 Å². The van der Waals surface area contributed by atoms with Crippen molar-refractivity contribution in [2.45, 2.75) is 6.92 Å². The van der Waals surface area contributed by atoms with Crippen LogP contribution in [-0.4, -0.2) is 5.91 Å². The molecule has 0 aliphatic carbocycles. The number of carbonyl (C=O) groups excluding carboxylic acids is 1. The van der Waals surface area contributed by atoms with Crippen molar-refractivity contribution in [3.63, 3.8) is 0 Å². The second-order valence-corrected chi connectivity index (χ2v) is 5.16. The highest BCUT2D eigenvalue weighted by Gasteiger charge is 2.05. The highest BCUT2D eigenvalue weighted by Crippen LogP contribution is 2.31. The number of amides is 1. The number of hydrogen-bond acceptors (Lipinski definition) is 4. The van der Waals surface area contributed by atoms with E-state index in [2.05, 4.69) is 15.5 Å². The fourth-order valence-corrected chi connectivity index (χ4v) is 2.33. The van der Waals surface area contributed by atoms with E-state index < -0.39 is 0 Å². The number of nitrogen functional groups attached to an aromatic ring is 1. The standard InChI is InChI=1S/C18H16N4O/c1-12(23)20-18-11-14(19)9-10-17(18)22-21-16-8-4-6-13-5-2-3-7-15(13)16/h2-11H,19H2,1H3,(H,20,23). The van der Waals surface area contributed by atoms with Crippen LogP contribution >= 0.6 is 0 Å². The lowest BCUT2D eigenvalue weighted by molar-refractivity contribution is -0.114. The van der Waals surface area contributed by atoms with Crippen LogP contribution in [0.25, 0.3) is 10.8 Å². The second kappa shape index (κ2) is 6.27. The van der Waals surface area contributed by atoms with E-state index in [1.165, 1.54) is 6.92 Å². The molecule has 5 heteroatoms. The molecule has 1 amide bonds. The molecule has 3 N–H and O–H groups in total. The average Bonchev–Trinajstić information content (AvgIpc) is 2.53. The molecule has 0 aromatic heterocycles. The molecule has 0 unspecified atom stereocenters. The number of anilines is 2. The first-order valence-electron chi connectivity index (χ1n) is 7.20. The molecule has 5 nitrogen and oxygen atoms in total. The van der Waals surface area contributed by atoms with Crippen LogP contribution in [0, 0.1) is 0 Å². The van der Waals surface area contributed by atoms with Crippen molar-refractivity contribution in [1.29, 1.82) is 0 Å². The van der Waals surface area contributed by atoms with Crippen LogP contribution in [0.3, 0.4) is 0 Å². The summed E-state index contributed by atoms with van der Waals surface area (Å²) in [5.41, 5.74) is 8.19. The maximum atomic E-state index is 11.3. The number of benzene rings is 3. The van der Waals surface area contributed by atoms with Crippen LogP contribution in [0.15, 0.2) is 70.9 Å². The highest BCUT2D eigenvalue weighted by atomic mass is 16.1. The van der Waals surface area contributed by atoms with Crippen molar-refractivity contribution >= 4 is 39.4 Å². The first kappa shape index (κ1) is 14.7. The van der Waals surface area contributed by atoms with E-state index in [9.17, 15) is 4.79 Å². The van der Waals surface area contributed by atoms with Gasteiger partial charge >= 0.3 is 0 Å². The maximum Gasteiger partial charge on any atom is 0.221 e. The Morgan fingerprint density at radius 3 is 2.52 bits per heavy atom. The lowest BCUT2D eigenvalue weighted by Gasteiger charge is -2.06. The highest BCUT2D eigenvalue weighted by molar-refractivity contribution is 5.93. The largest absolute Gasteiger partial charge is 0.399 e. The van der Waals surface area contributed by atoms with Crippen LogP contribution in [-0.2, 0) is 4.79 Å². The Balaban J connectivity index is 2.00. The lowest BCUT2D eigenvalue weighted by Crippen LogP contribution is -2.06. The Hall–Kier alpha value is -3.21. The van der Waals surface area contributed by atoms with Gasteiger partial charge < -0.3 is 11.1 Å². The Labute approximate surface area is 133 Å². The lowest BCUT2D eigenvalue weighted by atomic mass is 10.1. The molecular weight excluding hydrogens is 288 g/mol. The van der Waals surface area contributed by atoms with Gasteiger partial charge in [-0.1, -0.05) is 36.4 Å². The molecule has 3 rings (SSSR count). The van der Waals surface area contributed by atoms with Gasteiger partial charge in [-0.25, -0.2) is 0 Å². The minimum atomic E-state index is -0.183. The van der Waals surface area contributed by atoms with Crippen LogP contribution in [0.2, 0.25) is 0 Å². The summed E-state index contributed by atoms with van der Waals surface area (Å²) in [6, 6.07) is 19.0. The molecule has 0 atom stereocenters. The monoisotopic (exact) mass is 304 g/mol. The van der Waals surface area contributed by atoms with Gasteiger partial charge in [-0.3, -0.25) is 4.79 Å². The van der Waals surface area contributed by atoms with Crippen molar-refractivity contribution in [3.05, 3.63) is 60.7 Å². The molecule has 0 radical (unpaired) electrons. The van der Waals surface area contributed by atoms with Gasteiger partial charge in [0, 0.05) is 18.0 Å². The summed E-state index contributed by atoms with van der Waals surface area (Å²) in [5.74, 6) is -0.183. The predicted molar refractivity (Wildman–Crippen MR) is 93.3 cm³/mol. The van der Waals surface area contributed by atoms with Gasteiger partial charge in [0.2, 0.25) is 5.91 Å². The van der Waals surface area contributed by atoms with E-state index >= 15 is 0 Å². The zero-order valence-electron chi connectivity index (χ0n) is 12.7. The van der Waals surface area contributed by atoms with Crippen molar-refractivity contribution < 1.29 is 4.79 Å². The molecule has 0 heterocycles. The average molecular weight is 304 g/mol. The fraction of sp³-hybridized carbons (Fsp3) is 0.0556. The van der Waals surface area contributed by atoms with Crippen molar-refractivity contribution in [2.24, 2.45) is 10.2 Å². The first-order valence-corrected chi connectivity index (χ1v) is 7.20. The number of nitrogens with two attached hydrogens (primary N) is 1. The quantitative estimate of drug-likeness (QED) is 0.538. The van der Waals surface area contributed by atoms with E-state index in [0.717, 1.165) is 16.5 Å². The summed E-state index contributed by atoms with van der Waals surface area (Å²) in [6.45, 7) is 1.44. The summed E-state index contributed by atoms with van der Waals surface area (Å²) < 4.78 is 0. The number of fused-ring (bicyclic) bond motifs is 1. The summed E-state index contributed by atoms with van der Waals surface area (Å²) >= 11 is 0. The van der Waals surface area contributed by atoms with Crippen LogP contribution in [0.4, 0.5) is 22.7 Å². The minimum Gasteiger partial charge on any atom is -0.399 e. The van der Waals surface area contributed by atoms with Crippen LogP contribution in [0.5, 0.6) is 0 Å². The SMILES string of the molecule is CC(=O)Nc1cc(N)ccc1N=Nc1cccc2ccccc12. The zero-order valence-corrected chi connectivity index (χ0v) is 12.7. The third-order valence-corrected chi connectivity index (χ3v) is 3.36. The van der Waals surface area contributed by atoms with E-state index in [-0.39, 0.29) is 5.91 Å².